The largest absolute Gasteiger partial charge is 1.00 e. The second-order valence-corrected chi connectivity index (χ2v) is 16.3. The number of aliphatic hydroxyl groups excluding tert-OH is 4. The minimum atomic E-state index is -4.43. The summed E-state index contributed by atoms with van der Waals surface area (Å²) in [7, 11) is -4.43. The van der Waals surface area contributed by atoms with Gasteiger partial charge in [0.25, 0.3) is 0 Å². The molecule has 1 amide bonds. The Hall–Kier alpha value is 0.610. The number of carboxylic acid groups (broad SMARTS) is 1. The van der Waals surface area contributed by atoms with Gasteiger partial charge in [-0.25, -0.2) is 8.42 Å². The number of hydrogen-bond acceptors (Lipinski definition) is 12. The zero-order chi connectivity index (χ0) is 37.4. The van der Waals surface area contributed by atoms with E-state index < -0.39 is 88.8 Å². The van der Waals surface area contributed by atoms with Crippen LogP contribution in [-0.4, -0.2) is 100 Å². The van der Waals surface area contributed by atoms with Crippen molar-refractivity contribution in [1.82, 2.24) is 5.32 Å². The number of rotatable bonds is 10. The van der Waals surface area contributed by atoms with Crippen LogP contribution in [-0.2, 0) is 29.2 Å². The molecular weight excluding hydrogens is 668 g/mol. The number of carboxylic acids is 1. The van der Waals surface area contributed by atoms with Gasteiger partial charge in [0.2, 0.25) is 5.91 Å². The average molecular weight is 724 g/mol. The average Bonchev–Trinajstić information content (AvgIpc) is 3.35. The van der Waals surface area contributed by atoms with Gasteiger partial charge < -0.3 is 49.7 Å². The summed E-state index contributed by atoms with van der Waals surface area (Å²) < 4.78 is 80.0. The van der Waals surface area contributed by atoms with Crippen LogP contribution in [0.15, 0.2) is 0 Å². The minimum absolute atomic E-state index is 0. The van der Waals surface area contributed by atoms with Crippen LogP contribution in [0, 0.1) is 46.3 Å². The standard InChI is InChI=1S/C32H53NO12S.2Na/c1-16(4-7-23(35)33-12-13-46(41,42)43)19-5-6-20-24-21(9-11-32(19,20)3)31(2)10-8-18(14-17(31)15-22(24)34)44-30-27(38)25(36)26(37)28(45-30)29(39)40;;/h16-22,24-28,30,34,36-38H,4-15H2,1-3H3,(H,33,35)(H,39,40)(H,41,42,43);;/q;2*+1/p-2/t16-,17+,18-,19-,20+,21+,22-,24+,25+,26+,27-,28+,30-,31+,32-;;/m1../s1/i8D2,14D2;;. The summed E-state index contributed by atoms with van der Waals surface area (Å²) in [6, 6.07) is 0. The number of amides is 1. The first-order chi connectivity index (χ1) is 23.0. The summed E-state index contributed by atoms with van der Waals surface area (Å²) in [4.78, 5) is 23.9. The van der Waals surface area contributed by atoms with Gasteiger partial charge in [-0.3, -0.25) is 4.79 Å². The summed E-state index contributed by atoms with van der Waals surface area (Å²) in [6.07, 6.45) is -14.1. The van der Waals surface area contributed by atoms with Crippen molar-refractivity contribution in [2.45, 2.75) is 128 Å². The first kappa shape index (κ1) is 36.9. The van der Waals surface area contributed by atoms with Crippen molar-refractivity contribution in [2.75, 3.05) is 12.3 Å². The summed E-state index contributed by atoms with van der Waals surface area (Å²) >= 11 is 0. The Bertz CT molecular complexity index is 1420. The van der Waals surface area contributed by atoms with E-state index in [4.69, 9.17) is 12.2 Å². The summed E-state index contributed by atoms with van der Waals surface area (Å²) in [5, 5.41) is 56.7. The van der Waals surface area contributed by atoms with E-state index in [-0.39, 0.29) is 126 Å². The van der Waals surface area contributed by atoms with Gasteiger partial charge in [0.05, 0.1) is 34.0 Å². The van der Waals surface area contributed by atoms with Gasteiger partial charge in [-0.2, -0.15) is 0 Å². The number of ether oxygens (including phenoxy) is 2. The van der Waals surface area contributed by atoms with Crippen LogP contribution < -0.4 is 69.5 Å². The van der Waals surface area contributed by atoms with E-state index in [2.05, 4.69) is 19.2 Å². The quantitative estimate of drug-likeness (QED) is 0.0807. The van der Waals surface area contributed by atoms with E-state index in [0.717, 1.165) is 19.3 Å². The molecule has 1 heterocycles. The Balaban J connectivity index is 0.00000364. The fourth-order valence-electron chi connectivity index (χ4n) is 9.81. The van der Waals surface area contributed by atoms with E-state index in [1.807, 2.05) is 6.92 Å². The molecule has 1 saturated heterocycles. The van der Waals surface area contributed by atoms with Gasteiger partial charge in [0.15, 0.2) is 6.29 Å². The van der Waals surface area contributed by atoms with Crippen LogP contribution >= 0.6 is 0 Å². The molecule has 0 radical (unpaired) electrons. The van der Waals surface area contributed by atoms with Crippen LogP contribution in [0.2, 0.25) is 0 Å². The van der Waals surface area contributed by atoms with E-state index in [1.54, 1.807) is 0 Å². The van der Waals surface area contributed by atoms with E-state index >= 15 is 0 Å². The van der Waals surface area contributed by atoms with Crippen LogP contribution in [0.5, 0.6) is 0 Å². The number of hydrogen-bond donors (Lipinski definition) is 5. The van der Waals surface area contributed by atoms with E-state index in [0.29, 0.717) is 12.8 Å². The number of carbonyl (C=O) groups is 2. The molecule has 0 bridgehead atoms. The van der Waals surface area contributed by atoms with Gasteiger partial charge in [0, 0.05) is 18.4 Å². The third-order valence-electron chi connectivity index (χ3n) is 12.3. The molecule has 5 fully saturated rings. The van der Waals surface area contributed by atoms with Crippen LogP contribution in [0.3, 0.4) is 0 Å². The molecule has 15 atom stereocenters. The fraction of sp³-hybridized carbons (Fsp3) is 0.938. The van der Waals surface area contributed by atoms with E-state index in [9.17, 15) is 50.8 Å². The maximum Gasteiger partial charge on any atom is 1.00 e. The maximum absolute atomic E-state index is 12.4. The minimum Gasteiger partial charge on any atom is -0.748 e. The number of carbonyl (C=O) groups excluding carboxylic acids is 2. The first-order valence-corrected chi connectivity index (χ1v) is 18.0. The smallest absolute Gasteiger partial charge is 0.748 e. The number of aliphatic carboxylic acids is 1. The normalized spacial score (nSPS) is 47.8. The molecule has 0 aromatic rings. The van der Waals surface area contributed by atoms with Gasteiger partial charge in [-0.1, -0.05) is 20.8 Å². The van der Waals surface area contributed by atoms with Crippen LogP contribution in [0.1, 0.15) is 90.4 Å². The molecule has 48 heavy (non-hydrogen) atoms. The number of fused-ring (bicyclic) bond motifs is 5. The fourth-order valence-corrected chi connectivity index (χ4v) is 10.2. The predicted molar refractivity (Wildman–Crippen MR) is 159 cm³/mol. The molecule has 13 nitrogen and oxygen atoms in total. The molecule has 4 aliphatic carbocycles. The SMILES string of the molecule is [2H]C1([2H])C[C@@]2(C)[C@H](C[C@@H](O)[C@@H]3[C@@H]2CC[C@]2(C)[C@@H]([C@H](C)CCC(=O)NCCS(=O)(=O)[O-])CC[C@@H]32)C([2H])([2H])[C@@H]1O[C@@H]1O[C@H](C(=O)[O-])[C@@H](O)[C@H](O)[C@H]1O.[Na+].[Na+]. The van der Waals surface area contributed by atoms with Gasteiger partial charge in [0.1, 0.15) is 24.4 Å². The monoisotopic (exact) mass is 723 g/mol. The topological polar surface area (TPSA) is 226 Å². The van der Waals surface area contributed by atoms with E-state index in [1.165, 1.54) is 0 Å². The Labute approximate surface area is 333 Å². The number of aliphatic hydroxyl groups is 4. The van der Waals surface area contributed by atoms with Crippen molar-refractivity contribution in [3.8, 4) is 0 Å². The van der Waals surface area contributed by atoms with Crippen LogP contribution in [0.4, 0.5) is 0 Å². The first-order valence-electron chi connectivity index (χ1n) is 18.4. The molecule has 4 saturated carbocycles. The summed E-state index contributed by atoms with van der Waals surface area (Å²) in [5.41, 5.74) is -1.10. The third-order valence-corrected chi connectivity index (χ3v) is 13.0. The summed E-state index contributed by atoms with van der Waals surface area (Å²) in [6.45, 7) is 5.94. The Morgan fingerprint density at radius 1 is 1.04 bits per heavy atom. The van der Waals surface area contributed by atoms with Gasteiger partial charge in [-0.05, 0) is 104 Å². The second-order valence-electron chi connectivity index (χ2n) is 14.8. The molecule has 5 aliphatic rings. The van der Waals surface area contributed by atoms with Crippen molar-refractivity contribution in [3.63, 3.8) is 0 Å². The summed E-state index contributed by atoms with van der Waals surface area (Å²) in [5.74, 6) is -3.81. The van der Waals surface area contributed by atoms with Gasteiger partial charge >= 0.3 is 59.1 Å². The molecule has 16 heteroatoms. The van der Waals surface area contributed by atoms with Gasteiger partial charge in [-0.15, -0.1) is 0 Å². The van der Waals surface area contributed by atoms with Crippen LogP contribution in [0.25, 0.3) is 0 Å². The molecule has 0 unspecified atom stereocenters. The number of nitrogens with one attached hydrogen (secondary N) is 1. The Morgan fingerprint density at radius 3 is 2.35 bits per heavy atom. The molecular formula is C32H51NNa2O12S. The molecule has 5 rings (SSSR count). The van der Waals surface area contributed by atoms with Crippen molar-refractivity contribution >= 4 is 22.0 Å². The predicted octanol–water partition coefficient (Wildman–Crippen LogP) is -6.36. The van der Waals surface area contributed by atoms with Crippen molar-refractivity contribution in [1.29, 1.82) is 0 Å². The van der Waals surface area contributed by atoms with Crippen molar-refractivity contribution < 1.29 is 122 Å². The Kier molecular flexibility index (Phi) is 12.9. The molecule has 1 aliphatic heterocycles. The Morgan fingerprint density at radius 2 is 1.71 bits per heavy atom. The van der Waals surface area contributed by atoms with Crippen molar-refractivity contribution in [3.05, 3.63) is 0 Å². The zero-order valence-corrected chi connectivity index (χ0v) is 33.4. The molecule has 0 aromatic carbocycles. The molecule has 0 aromatic heterocycles. The van der Waals surface area contributed by atoms with Crippen molar-refractivity contribution in [2.24, 2.45) is 46.3 Å². The third kappa shape index (κ3) is 8.69. The zero-order valence-electron chi connectivity index (χ0n) is 32.5. The molecule has 5 N–H and O–H groups in total. The molecule has 0 spiro atoms. The second kappa shape index (κ2) is 16.7. The maximum atomic E-state index is 12.4. The molecule has 264 valence electrons.